The summed E-state index contributed by atoms with van der Waals surface area (Å²) in [5.41, 5.74) is 1.28. The number of carbonyl (C=O) groups excluding carboxylic acids is 2. The number of benzene rings is 2. The number of rotatable bonds is 8. The third-order valence-corrected chi connectivity index (χ3v) is 4.49. The lowest BCUT2D eigenvalue weighted by molar-refractivity contribution is -0.147. The van der Waals surface area contributed by atoms with Crippen LogP contribution in [0.15, 0.2) is 77.6 Å². The highest BCUT2D eigenvalue weighted by Crippen LogP contribution is 2.11. The van der Waals surface area contributed by atoms with Crippen molar-refractivity contribution in [2.75, 3.05) is 13.2 Å². The number of hydrogen-bond acceptors (Lipinski definition) is 5. The van der Waals surface area contributed by atoms with E-state index in [1.165, 1.54) is 16.8 Å². The van der Waals surface area contributed by atoms with Gasteiger partial charge in [0.15, 0.2) is 0 Å². The van der Waals surface area contributed by atoms with Gasteiger partial charge in [0.05, 0.1) is 18.2 Å². The van der Waals surface area contributed by atoms with Gasteiger partial charge in [-0.25, -0.2) is 0 Å². The minimum atomic E-state index is -0.531. The van der Waals surface area contributed by atoms with Crippen LogP contribution in [0, 0.1) is 5.92 Å². The Morgan fingerprint density at radius 3 is 2.33 bits per heavy atom. The number of aromatic nitrogens is 2. The Hall–Kier alpha value is -3.74. The lowest BCUT2D eigenvalue weighted by atomic mass is 9.99. The predicted molar refractivity (Wildman–Crippen MR) is 112 cm³/mol. The van der Waals surface area contributed by atoms with Crippen molar-refractivity contribution in [3.05, 3.63) is 94.4 Å². The van der Waals surface area contributed by atoms with Gasteiger partial charge in [-0.05, 0) is 37.1 Å². The fraction of sp³-hybridized carbons (Fsp3) is 0.217. The highest BCUT2D eigenvalue weighted by atomic mass is 16.5. The molecular formula is C23H23N3O4. The molecule has 3 rings (SSSR count). The van der Waals surface area contributed by atoms with Crippen LogP contribution in [0.5, 0.6) is 0 Å². The van der Waals surface area contributed by atoms with Gasteiger partial charge in [-0.2, -0.15) is 9.78 Å². The molecule has 0 saturated heterocycles. The average molecular weight is 405 g/mol. The van der Waals surface area contributed by atoms with E-state index in [0.717, 1.165) is 5.56 Å². The summed E-state index contributed by atoms with van der Waals surface area (Å²) in [6, 6.07) is 21.0. The maximum absolute atomic E-state index is 12.6. The summed E-state index contributed by atoms with van der Waals surface area (Å²) in [4.78, 5) is 37.1. The van der Waals surface area contributed by atoms with E-state index in [1.807, 2.05) is 36.4 Å². The molecule has 0 radical (unpaired) electrons. The second kappa shape index (κ2) is 10.2. The van der Waals surface area contributed by atoms with Crippen LogP contribution in [0.3, 0.4) is 0 Å². The van der Waals surface area contributed by atoms with Crippen LogP contribution in [0.1, 0.15) is 23.0 Å². The Bertz CT molecular complexity index is 1050. The van der Waals surface area contributed by atoms with Crippen LogP contribution in [0.2, 0.25) is 0 Å². The molecule has 30 heavy (non-hydrogen) atoms. The highest BCUT2D eigenvalue weighted by molar-refractivity contribution is 5.92. The maximum Gasteiger partial charge on any atom is 0.311 e. The van der Waals surface area contributed by atoms with Crippen LogP contribution < -0.4 is 10.9 Å². The van der Waals surface area contributed by atoms with Crippen LogP contribution >= 0.6 is 0 Å². The molecule has 1 unspecified atom stereocenters. The summed E-state index contributed by atoms with van der Waals surface area (Å²) in [5.74, 6) is -1.37. The van der Waals surface area contributed by atoms with E-state index in [2.05, 4.69) is 10.4 Å². The van der Waals surface area contributed by atoms with Gasteiger partial charge in [-0.1, -0.05) is 48.5 Å². The second-order valence-corrected chi connectivity index (χ2v) is 6.65. The largest absolute Gasteiger partial charge is 0.466 e. The normalized spacial score (nSPS) is 11.5. The lowest BCUT2D eigenvalue weighted by Gasteiger charge is -2.16. The zero-order valence-electron chi connectivity index (χ0n) is 16.7. The van der Waals surface area contributed by atoms with Crippen molar-refractivity contribution in [2.45, 2.75) is 13.3 Å². The van der Waals surface area contributed by atoms with Gasteiger partial charge in [0.1, 0.15) is 5.69 Å². The third-order valence-electron chi connectivity index (χ3n) is 4.49. The van der Waals surface area contributed by atoms with E-state index in [1.54, 1.807) is 31.2 Å². The molecule has 2 aromatic carbocycles. The molecule has 1 aromatic heterocycles. The smallest absolute Gasteiger partial charge is 0.311 e. The van der Waals surface area contributed by atoms with Crippen molar-refractivity contribution in [2.24, 2.45) is 5.92 Å². The number of para-hydroxylation sites is 1. The van der Waals surface area contributed by atoms with Gasteiger partial charge < -0.3 is 10.1 Å². The number of esters is 1. The minimum Gasteiger partial charge on any atom is -0.466 e. The average Bonchev–Trinajstić information content (AvgIpc) is 2.78. The van der Waals surface area contributed by atoms with E-state index in [0.29, 0.717) is 12.1 Å². The predicted octanol–water partition coefficient (Wildman–Crippen LogP) is 2.38. The number of amides is 1. The van der Waals surface area contributed by atoms with Crippen LogP contribution in [0.25, 0.3) is 5.69 Å². The number of ether oxygens (including phenoxy) is 1. The number of carbonyl (C=O) groups is 2. The molecule has 0 saturated carbocycles. The molecule has 0 fully saturated rings. The van der Waals surface area contributed by atoms with Crippen molar-refractivity contribution in [1.82, 2.24) is 15.1 Å². The van der Waals surface area contributed by atoms with Crippen molar-refractivity contribution >= 4 is 11.9 Å². The Morgan fingerprint density at radius 1 is 1.00 bits per heavy atom. The first-order valence-corrected chi connectivity index (χ1v) is 9.73. The summed E-state index contributed by atoms with van der Waals surface area (Å²) >= 11 is 0. The molecular weight excluding hydrogens is 382 g/mol. The van der Waals surface area contributed by atoms with Gasteiger partial charge >= 0.3 is 5.97 Å². The van der Waals surface area contributed by atoms with E-state index >= 15 is 0 Å². The SMILES string of the molecule is CCOC(=O)C(CNC(=O)c1ccc(=O)n(-c2ccccc2)n1)Cc1ccccc1. The first-order valence-electron chi connectivity index (χ1n) is 9.73. The van der Waals surface area contributed by atoms with Gasteiger partial charge in [0, 0.05) is 12.6 Å². The zero-order valence-corrected chi connectivity index (χ0v) is 16.7. The fourth-order valence-corrected chi connectivity index (χ4v) is 2.99. The summed E-state index contributed by atoms with van der Waals surface area (Å²) in [5, 5.41) is 6.90. The molecule has 7 nitrogen and oxygen atoms in total. The van der Waals surface area contributed by atoms with Crippen molar-refractivity contribution in [3.63, 3.8) is 0 Å². The topological polar surface area (TPSA) is 90.3 Å². The molecule has 0 aliphatic heterocycles. The lowest BCUT2D eigenvalue weighted by Crippen LogP contribution is -2.36. The molecule has 0 aliphatic rings. The molecule has 154 valence electrons. The molecule has 1 amide bonds. The van der Waals surface area contributed by atoms with Gasteiger partial charge in [-0.3, -0.25) is 14.4 Å². The maximum atomic E-state index is 12.6. The van der Waals surface area contributed by atoms with Gasteiger partial charge in [0.25, 0.3) is 11.5 Å². The van der Waals surface area contributed by atoms with Gasteiger partial charge in [-0.15, -0.1) is 0 Å². The molecule has 3 aromatic rings. The Balaban J connectivity index is 1.73. The van der Waals surface area contributed by atoms with Gasteiger partial charge in [0.2, 0.25) is 0 Å². The monoisotopic (exact) mass is 405 g/mol. The number of hydrogen-bond donors (Lipinski definition) is 1. The first kappa shape index (κ1) is 21.0. The van der Waals surface area contributed by atoms with E-state index in [4.69, 9.17) is 4.74 Å². The zero-order chi connectivity index (χ0) is 21.3. The summed E-state index contributed by atoms with van der Waals surface area (Å²) in [7, 11) is 0. The first-order chi connectivity index (χ1) is 14.6. The van der Waals surface area contributed by atoms with Crippen LogP contribution in [-0.4, -0.2) is 34.8 Å². The highest BCUT2D eigenvalue weighted by Gasteiger charge is 2.22. The van der Waals surface area contributed by atoms with Crippen molar-refractivity contribution < 1.29 is 14.3 Å². The quantitative estimate of drug-likeness (QED) is 0.581. The molecule has 0 aliphatic carbocycles. The number of nitrogens with one attached hydrogen (secondary N) is 1. The van der Waals surface area contributed by atoms with Crippen LogP contribution in [0.4, 0.5) is 0 Å². The third kappa shape index (κ3) is 5.41. The molecule has 1 heterocycles. The molecule has 0 bridgehead atoms. The standard InChI is InChI=1S/C23H23N3O4/c1-2-30-23(29)18(15-17-9-5-3-6-10-17)16-24-22(28)20-13-14-21(27)26(25-20)19-11-7-4-8-12-19/h3-14,18H,2,15-16H2,1H3,(H,24,28). The fourth-order valence-electron chi connectivity index (χ4n) is 2.99. The molecule has 1 atom stereocenters. The summed E-state index contributed by atoms with van der Waals surface area (Å²) in [6.45, 7) is 2.10. The Morgan fingerprint density at radius 2 is 1.67 bits per heavy atom. The van der Waals surface area contributed by atoms with Crippen LogP contribution in [-0.2, 0) is 16.0 Å². The number of nitrogens with zero attached hydrogens (tertiary/aromatic N) is 2. The minimum absolute atomic E-state index is 0.0840. The second-order valence-electron chi connectivity index (χ2n) is 6.65. The van der Waals surface area contributed by atoms with E-state index in [-0.39, 0.29) is 30.4 Å². The Kier molecular flexibility index (Phi) is 7.10. The summed E-state index contributed by atoms with van der Waals surface area (Å²) in [6.07, 6.45) is 0.441. The molecule has 0 spiro atoms. The van der Waals surface area contributed by atoms with E-state index < -0.39 is 11.8 Å². The van der Waals surface area contributed by atoms with Crippen molar-refractivity contribution in [3.8, 4) is 5.69 Å². The molecule has 7 heteroatoms. The van der Waals surface area contributed by atoms with Crippen molar-refractivity contribution in [1.29, 1.82) is 0 Å². The summed E-state index contributed by atoms with van der Waals surface area (Å²) < 4.78 is 6.32. The van der Waals surface area contributed by atoms with E-state index in [9.17, 15) is 14.4 Å². The Labute approximate surface area is 174 Å². The molecule has 1 N–H and O–H groups in total.